The summed E-state index contributed by atoms with van der Waals surface area (Å²) in [6, 6.07) is 46.4. The van der Waals surface area contributed by atoms with Crippen LogP contribution in [0.2, 0.25) is 0 Å². The highest BCUT2D eigenvalue weighted by Gasteiger charge is 2.27. The summed E-state index contributed by atoms with van der Waals surface area (Å²) in [4.78, 5) is 4.90. The predicted octanol–water partition coefficient (Wildman–Crippen LogP) is 17.8. The third-order valence-electron chi connectivity index (χ3n) is 14.0. The molecule has 370 valence electrons. The van der Waals surface area contributed by atoms with Crippen LogP contribution in [0.4, 0.5) is 0 Å². The summed E-state index contributed by atoms with van der Waals surface area (Å²) in [6.07, 6.45) is 5.69. The monoisotopic (exact) mass is 965 g/mol. The molecule has 0 bridgehead atoms. The highest BCUT2D eigenvalue weighted by molar-refractivity contribution is 6.09. The van der Waals surface area contributed by atoms with Crippen LogP contribution < -0.4 is 9.30 Å². The van der Waals surface area contributed by atoms with E-state index in [1.165, 1.54) is 5.56 Å². The third-order valence-corrected chi connectivity index (χ3v) is 14.0. The first-order valence-corrected chi connectivity index (χ1v) is 25.7. The van der Waals surface area contributed by atoms with Crippen molar-refractivity contribution in [3.63, 3.8) is 0 Å². The molecule has 0 spiro atoms. The van der Waals surface area contributed by atoms with Gasteiger partial charge in [-0.25, -0.2) is 4.98 Å². The standard InChI is InChI=1S/C68H72N4O/c1-64(2,3)46-32-33-69-62(40-46)72-58-27-17-16-24-56(58)57-31-30-53(42-61(57)72)73-52-23-20-22-51(41-52)70-43-71(60-29-19-18-28-59(60)70)63-54(44-34-47(65(4,5)6)38-48(35-44)66(7,8)9)25-21-26-55(63)45-36-49(67(10,11)12)39-50(37-45)68(13,14)15/h16-42H,1-15H3/i34D,35D,36D,37D. The van der Waals surface area contributed by atoms with E-state index >= 15 is 0 Å². The van der Waals surface area contributed by atoms with Gasteiger partial charge >= 0.3 is 0 Å². The molecule has 0 radical (unpaired) electrons. The van der Waals surface area contributed by atoms with Crippen LogP contribution in [0.15, 0.2) is 164 Å². The van der Waals surface area contributed by atoms with Crippen molar-refractivity contribution >= 4 is 32.8 Å². The van der Waals surface area contributed by atoms with Crippen LogP contribution in [-0.2, 0) is 27.1 Å². The summed E-state index contributed by atoms with van der Waals surface area (Å²) in [5, 5.41) is 2.24. The lowest BCUT2D eigenvalue weighted by Gasteiger charge is -2.28. The fourth-order valence-corrected chi connectivity index (χ4v) is 9.61. The van der Waals surface area contributed by atoms with Gasteiger partial charge in [-0.15, -0.1) is 0 Å². The van der Waals surface area contributed by atoms with Crippen LogP contribution in [0.1, 0.15) is 137 Å². The third kappa shape index (κ3) is 9.51. The minimum absolute atomic E-state index is 0.0561. The van der Waals surface area contributed by atoms with Crippen LogP contribution in [0, 0.1) is 6.33 Å². The lowest BCUT2D eigenvalue weighted by molar-refractivity contribution is -0.571. The maximum absolute atomic E-state index is 10.1. The molecule has 0 saturated heterocycles. The van der Waals surface area contributed by atoms with Crippen LogP contribution in [-0.4, -0.2) is 14.1 Å². The van der Waals surface area contributed by atoms with Crippen LogP contribution in [0.3, 0.4) is 0 Å². The van der Waals surface area contributed by atoms with Gasteiger partial charge in [0.25, 0.3) is 6.33 Å². The molecule has 0 amide bonds. The van der Waals surface area contributed by atoms with Gasteiger partial charge in [0.15, 0.2) is 0 Å². The topological polar surface area (TPSA) is 35.9 Å². The molecule has 10 rings (SSSR count). The van der Waals surface area contributed by atoms with E-state index < -0.39 is 21.7 Å². The van der Waals surface area contributed by atoms with Crippen LogP contribution in [0.5, 0.6) is 11.5 Å². The van der Waals surface area contributed by atoms with E-state index in [9.17, 15) is 5.48 Å². The van der Waals surface area contributed by atoms with E-state index in [4.69, 9.17) is 9.72 Å². The molecule has 0 aliphatic carbocycles. The van der Waals surface area contributed by atoms with Crippen molar-refractivity contribution in [3.05, 3.63) is 198 Å². The largest absolute Gasteiger partial charge is 0.458 e. The Hall–Kier alpha value is -7.24. The highest BCUT2D eigenvalue weighted by atomic mass is 16.5. The molecule has 0 aliphatic heterocycles. The van der Waals surface area contributed by atoms with E-state index in [0.717, 1.165) is 66.6 Å². The van der Waals surface area contributed by atoms with Gasteiger partial charge in [-0.05, 0) is 126 Å². The van der Waals surface area contributed by atoms with Crippen LogP contribution >= 0.6 is 0 Å². The lowest BCUT2D eigenvalue weighted by Crippen LogP contribution is -2.31. The van der Waals surface area contributed by atoms with E-state index in [1.54, 1.807) is 0 Å². The van der Waals surface area contributed by atoms with E-state index in [2.05, 4.69) is 188 Å². The predicted molar refractivity (Wildman–Crippen MR) is 307 cm³/mol. The van der Waals surface area contributed by atoms with Crippen molar-refractivity contribution in [2.75, 3.05) is 0 Å². The summed E-state index contributed by atoms with van der Waals surface area (Å²) < 4.78 is 53.4. The Labute approximate surface area is 439 Å². The summed E-state index contributed by atoms with van der Waals surface area (Å²) in [5.41, 5.74) is 10.4. The molecule has 5 nitrogen and oxygen atoms in total. The van der Waals surface area contributed by atoms with Crippen molar-refractivity contribution < 1.29 is 14.8 Å². The summed E-state index contributed by atoms with van der Waals surface area (Å²) in [6.45, 7) is 32.1. The van der Waals surface area contributed by atoms with Crippen molar-refractivity contribution in [1.82, 2.24) is 14.1 Å². The summed E-state index contributed by atoms with van der Waals surface area (Å²) >= 11 is 0. The Balaban J connectivity index is 1.20. The van der Waals surface area contributed by atoms with Gasteiger partial charge in [0, 0.05) is 23.0 Å². The summed E-state index contributed by atoms with van der Waals surface area (Å²) in [7, 11) is 0. The molecule has 0 aliphatic rings. The maximum atomic E-state index is 10.1. The number of ether oxygens (including phenoxy) is 1. The average Bonchev–Trinajstić information content (AvgIpc) is 3.96. The number of hydrogen-bond acceptors (Lipinski definition) is 2. The molecule has 0 atom stereocenters. The van der Waals surface area contributed by atoms with E-state index in [0.29, 0.717) is 39.4 Å². The first-order valence-electron chi connectivity index (χ1n) is 27.7. The second-order valence-electron chi connectivity index (χ2n) is 24.9. The van der Waals surface area contributed by atoms with Crippen molar-refractivity contribution in [1.29, 1.82) is 0 Å². The molecular weight excluding hydrogens is 889 g/mol. The number of para-hydroxylation sites is 4. The number of fused-ring (bicyclic) bond motifs is 4. The van der Waals surface area contributed by atoms with E-state index in [1.807, 2.05) is 76.0 Å². The number of pyridine rings is 1. The highest BCUT2D eigenvalue weighted by Crippen LogP contribution is 2.42. The van der Waals surface area contributed by atoms with Gasteiger partial charge in [0.1, 0.15) is 17.3 Å². The van der Waals surface area contributed by atoms with Crippen molar-refractivity contribution in [3.8, 4) is 50.9 Å². The molecule has 0 saturated carbocycles. The molecule has 0 unspecified atom stereocenters. The zero-order chi connectivity index (χ0) is 55.5. The van der Waals surface area contributed by atoms with Gasteiger partial charge < -0.3 is 4.74 Å². The van der Waals surface area contributed by atoms with Gasteiger partial charge in [-0.1, -0.05) is 207 Å². The van der Waals surface area contributed by atoms with Gasteiger partial charge in [0.05, 0.1) is 38.9 Å². The van der Waals surface area contributed by atoms with Gasteiger partial charge in [-0.2, -0.15) is 0 Å². The smallest absolute Gasteiger partial charge is 0.269 e. The molecule has 10 aromatic rings. The SMILES string of the molecule is [2H]c1c(C(C)(C)C)cc(C(C)(C)C)c([2H])c1-c1cccc(-c2c([2H])c(C(C)(C)C)cc(C(C)(C)C)c2[2H])c1-[n+]1[c-]n(-c2cccc(Oc3ccc4c5ccccc5n(-c5cc(C(C)(C)C)ccn5)c4c3)c2)c2ccccc21. The number of nitrogens with zero attached hydrogens (tertiary/aromatic N) is 4. The Morgan fingerprint density at radius 3 is 1.55 bits per heavy atom. The second kappa shape index (κ2) is 17.8. The molecule has 3 heterocycles. The Kier molecular flexibility index (Phi) is 10.8. The summed E-state index contributed by atoms with van der Waals surface area (Å²) in [5.74, 6) is 2.16. The Morgan fingerprint density at radius 2 is 0.973 bits per heavy atom. The van der Waals surface area contributed by atoms with E-state index in [-0.39, 0.29) is 29.6 Å². The van der Waals surface area contributed by atoms with Crippen LogP contribution in [0.25, 0.3) is 72.3 Å². The number of imidazole rings is 1. The normalized spacial score (nSPS) is 13.6. The maximum Gasteiger partial charge on any atom is 0.269 e. The Bertz CT molecular complexity index is 3790. The fraction of sp³-hybridized carbons (Fsp3) is 0.294. The number of aromatic nitrogens is 4. The molecule has 5 heteroatoms. The molecule has 3 aromatic heterocycles. The number of benzene rings is 7. The molecule has 7 aromatic carbocycles. The first kappa shape index (κ1) is 44.5. The number of rotatable bonds is 7. The first-order chi connectivity index (χ1) is 36.0. The Morgan fingerprint density at radius 1 is 0.466 bits per heavy atom. The van der Waals surface area contributed by atoms with Crippen molar-refractivity contribution in [2.24, 2.45) is 0 Å². The molecule has 73 heavy (non-hydrogen) atoms. The average molecular weight is 965 g/mol. The second-order valence-corrected chi connectivity index (χ2v) is 24.9. The molecule has 0 fully saturated rings. The minimum Gasteiger partial charge on any atom is -0.458 e. The van der Waals surface area contributed by atoms with Gasteiger partial charge in [-0.3, -0.25) is 13.7 Å². The minimum atomic E-state index is -0.412. The zero-order valence-electron chi connectivity index (χ0n) is 49.5. The quantitative estimate of drug-likeness (QED) is 0.118. The fourth-order valence-electron chi connectivity index (χ4n) is 9.61. The van der Waals surface area contributed by atoms with Gasteiger partial charge in [0.2, 0.25) is 0 Å². The lowest BCUT2D eigenvalue weighted by atomic mass is 9.77. The zero-order valence-corrected chi connectivity index (χ0v) is 45.5. The number of hydrogen-bond donors (Lipinski definition) is 0. The molecule has 0 N–H and O–H groups in total. The van der Waals surface area contributed by atoms with Crippen molar-refractivity contribution in [2.45, 2.75) is 131 Å². The molecular formula is C68H72N4O.